The van der Waals surface area contributed by atoms with Crippen LogP contribution in [0.4, 0.5) is 0 Å². The average Bonchev–Trinajstić information content (AvgIpc) is 2.85. The van der Waals surface area contributed by atoms with Crippen LogP contribution in [0.2, 0.25) is 0 Å². The van der Waals surface area contributed by atoms with Crippen LogP contribution in [-0.4, -0.2) is 11.5 Å². The van der Waals surface area contributed by atoms with Crippen molar-refractivity contribution in [2.45, 2.75) is 32.4 Å². The van der Waals surface area contributed by atoms with Gasteiger partial charge in [-0.25, -0.2) is 4.98 Å². The smallest absolute Gasteiger partial charge is 0.0897 e. The van der Waals surface area contributed by atoms with Gasteiger partial charge in [-0.15, -0.1) is 11.3 Å². The highest BCUT2D eigenvalue weighted by atomic mass is 32.1. The molecule has 0 aliphatic carbocycles. The molecular weight excluding hydrogens is 254 g/mol. The first-order valence-electron chi connectivity index (χ1n) is 6.68. The lowest BCUT2D eigenvalue weighted by Crippen LogP contribution is -2.17. The van der Waals surface area contributed by atoms with E-state index in [2.05, 4.69) is 27.8 Å². The molecule has 0 saturated carbocycles. The van der Waals surface area contributed by atoms with Crippen molar-refractivity contribution in [3.8, 4) is 0 Å². The summed E-state index contributed by atoms with van der Waals surface area (Å²) in [5, 5.41) is 6.65. The summed E-state index contributed by atoms with van der Waals surface area (Å²) < 4.78 is 0. The standard InChI is InChI=1S/C15H21N3S/c1-12-18-14(11-19-12)10-17-9-5-8-15(16)13-6-3-2-4-7-13/h2-4,6-7,11,15,17H,5,8-10,16H2,1H3. The molecule has 19 heavy (non-hydrogen) atoms. The van der Waals surface area contributed by atoms with Gasteiger partial charge in [0.2, 0.25) is 0 Å². The summed E-state index contributed by atoms with van der Waals surface area (Å²) in [5.74, 6) is 0. The molecule has 102 valence electrons. The summed E-state index contributed by atoms with van der Waals surface area (Å²) in [6, 6.07) is 10.4. The second-order valence-electron chi connectivity index (χ2n) is 4.69. The molecule has 1 atom stereocenters. The molecule has 0 aliphatic heterocycles. The Morgan fingerprint density at radius 2 is 2.11 bits per heavy atom. The van der Waals surface area contributed by atoms with Crippen molar-refractivity contribution < 1.29 is 0 Å². The molecule has 0 spiro atoms. The highest BCUT2D eigenvalue weighted by Crippen LogP contribution is 2.14. The number of nitrogens with zero attached hydrogens (tertiary/aromatic N) is 1. The number of benzene rings is 1. The predicted octanol–water partition coefficient (Wildman–Crippen LogP) is 3.02. The number of hydrogen-bond acceptors (Lipinski definition) is 4. The van der Waals surface area contributed by atoms with Crippen LogP contribution in [0.5, 0.6) is 0 Å². The zero-order chi connectivity index (χ0) is 13.5. The second kappa shape index (κ2) is 7.38. The zero-order valence-corrected chi connectivity index (χ0v) is 12.1. The van der Waals surface area contributed by atoms with E-state index in [4.69, 9.17) is 5.73 Å². The van der Waals surface area contributed by atoms with Crippen molar-refractivity contribution in [3.05, 3.63) is 52.0 Å². The lowest BCUT2D eigenvalue weighted by Gasteiger charge is -2.11. The molecule has 0 amide bonds. The largest absolute Gasteiger partial charge is 0.324 e. The van der Waals surface area contributed by atoms with Crippen LogP contribution in [0.15, 0.2) is 35.7 Å². The number of rotatable bonds is 7. The van der Waals surface area contributed by atoms with Crippen LogP contribution in [-0.2, 0) is 6.54 Å². The van der Waals surface area contributed by atoms with Crippen molar-refractivity contribution in [1.29, 1.82) is 0 Å². The van der Waals surface area contributed by atoms with Gasteiger partial charge in [-0.05, 0) is 31.9 Å². The molecule has 0 saturated heterocycles. The lowest BCUT2D eigenvalue weighted by molar-refractivity contribution is 0.564. The van der Waals surface area contributed by atoms with E-state index < -0.39 is 0 Å². The van der Waals surface area contributed by atoms with E-state index in [0.717, 1.165) is 36.6 Å². The highest BCUT2D eigenvalue weighted by molar-refractivity contribution is 7.09. The van der Waals surface area contributed by atoms with Crippen LogP contribution in [0.1, 0.15) is 35.1 Å². The van der Waals surface area contributed by atoms with Crippen LogP contribution in [0.3, 0.4) is 0 Å². The quantitative estimate of drug-likeness (QED) is 0.764. The van der Waals surface area contributed by atoms with E-state index in [1.807, 2.05) is 25.1 Å². The molecule has 3 N–H and O–H groups in total. The third-order valence-electron chi connectivity index (χ3n) is 3.07. The van der Waals surface area contributed by atoms with Gasteiger partial charge in [-0.1, -0.05) is 30.3 Å². The van der Waals surface area contributed by atoms with Gasteiger partial charge >= 0.3 is 0 Å². The van der Waals surface area contributed by atoms with Gasteiger partial charge in [0.25, 0.3) is 0 Å². The number of thiazole rings is 1. The summed E-state index contributed by atoms with van der Waals surface area (Å²) in [6.07, 6.45) is 2.09. The minimum absolute atomic E-state index is 0.143. The van der Waals surface area contributed by atoms with Crippen molar-refractivity contribution in [3.63, 3.8) is 0 Å². The van der Waals surface area contributed by atoms with E-state index in [-0.39, 0.29) is 6.04 Å². The zero-order valence-electron chi connectivity index (χ0n) is 11.3. The summed E-state index contributed by atoms with van der Waals surface area (Å²) in [6.45, 7) is 3.87. The van der Waals surface area contributed by atoms with E-state index in [9.17, 15) is 0 Å². The fourth-order valence-corrected chi connectivity index (χ4v) is 2.63. The third kappa shape index (κ3) is 4.74. The monoisotopic (exact) mass is 275 g/mol. The number of hydrogen-bond donors (Lipinski definition) is 2. The van der Waals surface area contributed by atoms with Gasteiger partial charge in [-0.3, -0.25) is 0 Å². The Kier molecular flexibility index (Phi) is 5.51. The normalized spacial score (nSPS) is 12.5. The summed E-state index contributed by atoms with van der Waals surface area (Å²) >= 11 is 1.70. The van der Waals surface area contributed by atoms with Crippen molar-refractivity contribution >= 4 is 11.3 Å². The minimum atomic E-state index is 0.143. The number of nitrogens with two attached hydrogens (primary N) is 1. The SMILES string of the molecule is Cc1nc(CNCCCC(N)c2ccccc2)cs1. The van der Waals surface area contributed by atoms with E-state index in [0.29, 0.717) is 0 Å². The Morgan fingerprint density at radius 1 is 1.32 bits per heavy atom. The first-order chi connectivity index (χ1) is 9.25. The van der Waals surface area contributed by atoms with Crippen LogP contribution in [0.25, 0.3) is 0 Å². The molecule has 2 aromatic rings. The highest BCUT2D eigenvalue weighted by Gasteiger charge is 2.04. The Hall–Kier alpha value is -1.23. The van der Waals surface area contributed by atoms with Crippen molar-refractivity contribution in [1.82, 2.24) is 10.3 Å². The van der Waals surface area contributed by atoms with Gasteiger partial charge < -0.3 is 11.1 Å². The molecule has 0 aliphatic rings. The van der Waals surface area contributed by atoms with E-state index in [1.54, 1.807) is 11.3 Å². The maximum absolute atomic E-state index is 6.15. The first-order valence-corrected chi connectivity index (χ1v) is 7.56. The molecule has 1 heterocycles. The van der Waals surface area contributed by atoms with E-state index in [1.165, 1.54) is 5.56 Å². The fourth-order valence-electron chi connectivity index (χ4n) is 2.02. The Bertz CT molecular complexity index is 481. The second-order valence-corrected chi connectivity index (χ2v) is 5.76. The topological polar surface area (TPSA) is 50.9 Å². The van der Waals surface area contributed by atoms with Gasteiger partial charge in [0.15, 0.2) is 0 Å². The maximum atomic E-state index is 6.15. The number of aromatic nitrogens is 1. The molecule has 1 unspecified atom stereocenters. The average molecular weight is 275 g/mol. The first kappa shape index (κ1) is 14.2. The molecule has 1 aromatic heterocycles. The van der Waals surface area contributed by atoms with Crippen LogP contribution >= 0.6 is 11.3 Å². The Morgan fingerprint density at radius 3 is 2.79 bits per heavy atom. The van der Waals surface area contributed by atoms with Gasteiger partial charge in [0.05, 0.1) is 10.7 Å². The van der Waals surface area contributed by atoms with Crippen LogP contribution in [0, 0.1) is 6.92 Å². The molecule has 0 fully saturated rings. The third-order valence-corrected chi connectivity index (χ3v) is 3.89. The van der Waals surface area contributed by atoms with Crippen molar-refractivity contribution in [2.75, 3.05) is 6.54 Å². The van der Waals surface area contributed by atoms with Gasteiger partial charge in [0, 0.05) is 18.0 Å². The molecular formula is C15H21N3S. The Labute approximate surface area is 118 Å². The molecule has 2 rings (SSSR count). The molecule has 3 nitrogen and oxygen atoms in total. The maximum Gasteiger partial charge on any atom is 0.0897 e. The number of aryl methyl sites for hydroxylation is 1. The summed E-state index contributed by atoms with van der Waals surface area (Å²) in [5.41, 5.74) is 8.51. The molecule has 0 bridgehead atoms. The molecule has 1 aromatic carbocycles. The van der Waals surface area contributed by atoms with Gasteiger partial charge in [-0.2, -0.15) is 0 Å². The summed E-state index contributed by atoms with van der Waals surface area (Å²) in [4.78, 5) is 4.42. The van der Waals surface area contributed by atoms with Crippen molar-refractivity contribution in [2.24, 2.45) is 5.73 Å². The van der Waals surface area contributed by atoms with Crippen LogP contribution < -0.4 is 11.1 Å². The van der Waals surface area contributed by atoms with E-state index >= 15 is 0 Å². The molecule has 0 radical (unpaired) electrons. The number of nitrogens with one attached hydrogen (secondary N) is 1. The molecule has 4 heteroatoms. The minimum Gasteiger partial charge on any atom is -0.324 e. The predicted molar refractivity (Wildman–Crippen MR) is 81.2 cm³/mol. The lowest BCUT2D eigenvalue weighted by atomic mass is 10.0. The fraction of sp³-hybridized carbons (Fsp3) is 0.400. The van der Waals surface area contributed by atoms with Gasteiger partial charge in [0.1, 0.15) is 0 Å². The summed E-state index contributed by atoms with van der Waals surface area (Å²) in [7, 11) is 0. The Balaban J connectivity index is 1.62.